The Morgan fingerprint density at radius 1 is 1.09 bits per heavy atom. The molecule has 2 aromatic heterocycles. The lowest BCUT2D eigenvalue weighted by Gasteiger charge is -2.19. The second-order valence-corrected chi connectivity index (χ2v) is 8.89. The van der Waals surface area contributed by atoms with E-state index in [0.29, 0.717) is 17.2 Å². The Bertz CT molecular complexity index is 1120. The van der Waals surface area contributed by atoms with Gasteiger partial charge in [0.25, 0.3) is 0 Å². The molecule has 0 aliphatic carbocycles. The summed E-state index contributed by atoms with van der Waals surface area (Å²) in [6.07, 6.45) is 3.68. The second-order valence-electron chi connectivity index (χ2n) is 8.89. The SMILES string of the molecule is CC(C)(C)c1nc(-c2ccncc2)c(-c2ccc(F)cc2)n1/C=C/C(O)CC(O)CC(=O)O. The van der Waals surface area contributed by atoms with Crippen molar-refractivity contribution in [3.8, 4) is 22.5 Å². The third-order valence-corrected chi connectivity index (χ3v) is 5.03. The zero-order valence-electron chi connectivity index (χ0n) is 18.8. The summed E-state index contributed by atoms with van der Waals surface area (Å²) in [6, 6.07) is 9.77. The number of carboxylic acids is 1. The molecule has 0 amide bonds. The van der Waals surface area contributed by atoms with Crippen molar-refractivity contribution in [2.75, 3.05) is 0 Å². The minimum atomic E-state index is -1.17. The van der Waals surface area contributed by atoms with Crippen LogP contribution in [0.1, 0.15) is 39.4 Å². The highest BCUT2D eigenvalue weighted by Gasteiger charge is 2.27. The number of benzene rings is 1. The Hall–Kier alpha value is -3.36. The van der Waals surface area contributed by atoms with Crippen LogP contribution in [-0.2, 0) is 10.2 Å². The third kappa shape index (κ3) is 6.12. The maximum absolute atomic E-state index is 13.6. The lowest BCUT2D eigenvalue weighted by molar-refractivity contribution is -0.139. The quantitative estimate of drug-likeness (QED) is 0.474. The van der Waals surface area contributed by atoms with Crippen molar-refractivity contribution in [1.29, 1.82) is 0 Å². The molecule has 1 aromatic carbocycles. The predicted molar refractivity (Wildman–Crippen MR) is 124 cm³/mol. The molecule has 2 unspecified atom stereocenters. The first kappa shape index (κ1) is 24.3. The number of carbonyl (C=O) groups is 1. The van der Waals surface area contributed by atoms with Crippen LogP contribution in [0, 0.1) is 5.82 Å². The van der Waals surface area contributed by atoms with Crippen molar-refractivity contribution in [1.82, 2.24) is 14.5 Å². The molecule has 7 nitrogen and oxygen atoms in total. The summed E-state index contributed by atoms with van der Waals surface area (Å²) in [5, 5.41) is 29.0. The van der Waals surface area contributed by atoms with Crippen LogP contribution >= 0.6 is 0 Å². The topological polar surface area (TPSA) is 108 Å². The first-order valence-corrected chi connectivity index (χ1v) is 10.6. The molecule has 0 spiro atoms. The Morgan fingerprint density at radius 2 is 1.73 bits per heavy atom. The van der Waals surface area contributed by atoms with Crippen molar-refractivity contribution in [3.05, 3.63) is 66.5 Å². The molecule has 3 N–H and O–H groups in total. The Labute approximate surface area is 191 Å². The summed E-state index contributed by atoms with van der Waals surface area (Å²) in [4.78, 5) is 19.8. The third-order valence-electron chi connectivity index (χ3n) is 5.03. The summed E-state index contributed by atoms with van der Waals surface area (Å²) in [6.45, 7) is 6.03. The Balaban J connectivity index is 2.13. The number of hydrogen-bond donors (Lipinski definition) is 3. The van der Waals surface area contributed by atoms with E-state index in [0.717, 1.165) is 11.1 Å². The number of aliphatic hydroxyl groups is 2. The van der Waals surface area contributed by atoms with Crippen molar-refractivity contribution in [2.45, 2.75) is 51.2 Å². The number of hydrogen-bond acceptors (Lipinski definition) is 5. The van der Waals surface area contributed by atoms with E-state index in [9.17, 15) is 19.4 Å². The predicted octanol–water partition coefficient (Wildman–Crippen LogP) is 4.11. The molecule has 2 atom stereocenters. The molecule has 0 bridgehead atoms. The molecule has 0 radical (unpaired) electrons. The number of pyridine rings is 1. The maximum Gasteiger partial charge on any atom is 0.305 e. The number of carboxylic acid groups (broad SMARTS) is 1. The lowest BCUT2D eigenvalue weighted by atomic mass is 9.95. The smallest absolute Gasteiger partial charge is 0.305 e. The number of imidazole rings is 1. The van der Waals surface area contributed by atoms with E-state index in [1.807, 2.05) is 37.5 Å². The van der Waals surface area contributed by atoms with Gasteiger partial charge in [-0.1, -0.05) is 20.8 Å². The van der Waals surface area contributed by atoms with E-state index in [-0.39, 0.29) is 17.7 Å². The second kappa shape index (κ2) is 10.1. The molecule has 174 valence electrons. The average molecular weight is 454 g/mol. The van der Waals surface area contributed by atoms with E-state index in [2.05, 4.69) is 4.98 Å². The highest BCUT2D eigenvalue weighted by Crippen LogP contribution is 2.36. The van der Waals surface area contributed by atoms with Gasteiger partial charge in [0.2, 0.25) is 0 Å². The molecule has 0 aliphatic rings. The highest BCUT2D eigenvalue weighted by molar-refractivity contribution is 5.80. The number of aliphatic hydroxyl groups excluding tert-OH is 2. The number of aliphatic carboxylic acids is 1. The Kier molecular flexibility index (Phi) is 7.40. The van der Waals surface area contributed by atoms with Crippen LogP contribution in [0.3, 0.4) is 0 Å². The van der Waals surface area contributed by atoms with Gasteiger partial charge in [-0.25, -0.2) is 9.37 Å². The standard InChI is InChI=1S/C25H28FN3O4/c1-25(2,3)24-28-22(16-8-11-27-12-9-16)23(17-4-6-18(26)7-5-17)29(24)13-10-19(30)14-20(31)15-21(32)33/h4-13,19-20,30-31H,14-15H2,1-3H3,(H,32,33)/b13-10+. The number of aromatic nitrogens is 3. The molecule has 2 heterocycles. The van der Waals surface area contributed by atoms with E-state index >= 15 is 0 Å². The summed E-state index contributed by atoms with van der Waals surface area (Å²) in [7, 11) is 0. The van der Waals surface area contributed by atoms with Crippen LogP contribution in [0.5, 0.6) is 0 Å². The van der Waals surface area contributed by atoms with Crippen LogP contribution in [0.15, 0.2) is 54.9 Å². The molecule has 3 rings (SSSR count). The highest BCUT2D eigenvalue weighted by atomic mass is 19.1. The van der Waals surface area contributed by atoms with Crippen LogP contribution < -0.4 is 0 Å². The molecule has 8 heteroatoms. The lowest BCUT2D eigenvalue weighted by Crippen LogP contribution is -2.20. The van der Waals surface area contributed by atoms with Crippen LogP contribution in [-0.4, -0.2) is 48.0 Å². The van der Waals surface area contributed by atoms with Gasteiger partial charge in [0, 0.05) is 41.6 Å². The van der Waals surface area contributed by atoms with Crippen LogP contribution in [0.4, 0.5) is 4.39 Å². The van der Waals surface area contributed by atoms with Gasteiger partial charge >= 0.3 is 5.97 Å². The fraction of sp³-hybridized carbons (Fsp3) is 0.320. The van der Waals surface area contributed by atoms with E-state index < -0.39 is 24.6 Å². The van der Waals surface area contributed by atoms with Gasteiger partial charge in [0.1, 0.15) is 11.6 Å². The van der Waals surface area contributed by atoms with Crippen LogP contribution in [0.25, 0.3) is 28.7 Å². The first-order valence-electron chi connectivity index (χ1n) is 10.6. The minimum Gasteiger partial charge on any atom is -0.481 e. The van der Waals surface area contributed by atoms with Gasteiger partial charge in [-0.2, -0.15) is 0 Å². The first-order chi connectivity index (χ1) is 15.6. The fourth-order valence-electron chi connectivity index (χ4n) is 3.53. The van der Waals surface area contributed by atoms with Gasteiger partial charge in [-0.15, -0.1) is 0 Å². The van der Waals surface area contributed by atoms with Crippen molar-refractivity contribution in [3.63, 3.8) is 0 Å². The zero-order chi connectivity index (χ0) is 24.2. The average Bonchev–Trinajstić information content (AvgIpc) is 3.13. The summed E-state index contributed by atoms with van der Waals surface area (Å²) < 4.78 is 15.5. The molecular weight excluding hydrogens is 425 g/mol. The van der Waals surface area contributed by atoms with Crippen molar-refractivity contribution >= 4 is 12.2 Å². The normalized spacial score (nSPS) is 13.9. The summed E-state index contributed by atoms with van der Waals surface area (Å²) in [5.41, 5.74) is 2.58. The molecule has 3 aromatic rings. The number of halogens is 1. The maximum atomic E-state index is 13.6. The largest absolute Gasteiger partial charge is 0.481 e. The van der Waals surface area contributed by atoms with Crippen LogP contribution in [0.2, 0.25) is 0 Å². The van der Waals surface area contributed by atoms with Gasteiger partial charge < -0.3 is 19.9 Å². The van der Waals surface area contributed by atoms with Gasteiger partial charge in [0.05, 0.1) is 30.0 Å². The van der Waals surface area contributed by atoms with Gasteiger partial charge in [-0.05, 0) is 42.5 Å². The van der Waals surface area contributed by atoms with E-state index in [4.69, 9.17) is 10.1 Å². The van der Waals surface area contributed by atoms with Gasteiger partial charge in [0.15, 0.2) is 0 Å². The monoisotopic (exact) mass is 453 g/mol. The molecule has 33 heavy (non-hydrogen) atoms. The van der Waals surface area contributed by atoms with Gasteiger partial charge in [-0.3, -0.25) is 9.78 Å². The molecule has 0 saturated carbocycles. The van der Waals surface area contributed by atoms with E-state index in [1.165, 1.54) is 18.2 Å². The molecular formula is C25H28FN3O4. The zero-order valence-corrected chi connectivity index (χ0v) is 18.8. The summed E-state index contributed by atoms with van der Waals surface area (Å²) >= 11 is 0. The molecule has 0 aliphatic heterocycles. The number of nitrogens with zero attached hydrogens (tertiary/aromatic N) is 3. The molecule has 0 saturated heterocycles. The summed E-state index contributed by atoms with van der Waals surface area (Å²) in [5.74, 6) is -0.781. The molecule has 0 fully saturated rings. The van der Waals surface area contributed by atoms with E-state index in [1.54, 1.807) is 30.7 Å². The minimum absolute atomic E-state index is 0.120. The van der Waals surface area contributed by atoms with Crippen molar-refractivity contribution in [2.24, 2.45) is 0 Å². The number of rotatable bonds is 8. The van der Waals surface area contributed by atoms with Crippen molar-refractivity contribution < 1.29 is 24.5 Å². The Morgan fingerprint density at radius 3 is 2.30 bits per heavy atom. The fourth-order valence-corrected chi connectivity index (χ4v) is 3.53.